The van der Waals surface area contributed by atoms with Crippen molar-refractivity contribution < 1.29 is 19.1 Å². The molecule has 0 atom stereocenters. The van der Waals surface area contributed by atoms with Crippen LogP contribution >= 0.6 is 11.8 Å². The minimum atomic E-state index is -0.625. The Morgan fingerprint density at radius 2 is 1.89 bits per heavy atom. The number of methoxy groups -OCH3 is 1. The van der Waals surface area contributed by atoms with Gasteiger partial charge in [0.2, 0.25) is 5.91 Å². The Morgan fingerprint density at radius 3 is 2.50 bits per heavy atom. The van der Waals surface area contributed by atoms with Gasteiger partial charge in [0.05, 0.1) is 12.9 Å². The van der Waals surface area contributed by atoms with Crippen LogP contribution in [0.4, 0.5) is 0 Å². The van der Waals surface area contributed by atoms with Crippen LogP contribution in [0.15, 0.2) is 34.1 Å². The number of aryl methyl sites for hydroxylation is 1. The predicted octanol–water partition coefficient (Wildman–Crippen LogP) is 1.52. The van der Waals surface area contributed by atoms with E-state index in [1.165, 1.54) is 14.0 Å². The van der Waals surface area contributed by atoms with Gasteiger partial charge in [-0.15, -0.1) is 0 Å². The number of amides is 1. The van der Waals surface area contributed by atoms with Crippen molar-refractivity contribution in [3.05, 3.63) is 57.1 Å². The highest BCUT2D eigenvalue weighted by molar-refractivity contribution is 8.00. The summed E-state index contributed by atoms with van der Waals surface area (Å²) in [6.45, 7) is 3.56. The molecule has 0 aliphatic heterocycles. The Labute approximate surface area is 166 Å². The van der Waals surface area contributed by atoms with Crippen molar-refractivity contribution in [3.63, 3.8) is 0 Å². The third-order valence-corrected chi connectivity index (χ3v) is 4.85. The first kappa shape index (κ1) is 21.4. The lowest BCUT2D eigenvalue weighted by Crippen LogP contribution is -2.22. The van der Waals surface area contributed by atoms with Gasteiger partial charge in [0.25, 0.3) is 0 Å². The van der Waals surface area contributed by atoms with E-state index in [1.54, 1.807) is 19.1 Å². The first-order valence-electron chi connectivity index (χ1n) is 8.50. The van der Waals surface area contributed by atoms with Gasteiger partial charge in [0.1, 0.15) is 10.6 Å². The fraction of sp³-hybridized carbons (Fsp3) is 0.316. The molecule has 9 heteroatoms. The number of esters is 1. The molecule has 0 fully saturated rings. The summed E-state index contributed by atoms with van der Waals surface area (Å²) in [5.41, 5.74) is 1.40. The number of thioether (sulfide) groups is 1. The monoisotopic (exact) mass is 403 g/mol. The van der Waals surface area contributed by atoms with Gasteiger partial charge in [-0.2, -0.15) is 4.98 Å². The van der Waals surface area contributed by atoms with E-state index in [0.29, 0.717) is 24.2 Å². The number of rotatable bonds is 8. The van der Waals surface area contributed by atoms with Crippen LogP contribution in [0.3, 0.4) is 0 Å². The normalized spacial score (nSPS) is 10.4. The van der Waals surface area contributed by atoms with Gasteiger partial charge in [0.15, 0.2) is 5.78 Å². The van der Waals surface area contributed by atoms with Crippen LogP contribution in [0.5, 0.6) is 0 Å². The molecule has 2 N–H and O–H groups in total. The second-order valence-corrected chi connectivity index (χ2v) is 6.94. The predicted molar refractivity (Wildman–Crippen MR) is 105 cm³/mol. The zero-order valence-corrected chi connectivity index (χ0v) is 16.6. The summed E-state index contributed by atoms with van der Waals surface area (Å²) >= 11 is 1.01. The van der Waals surface area contributed by atoms with Crippen LogP contribution in [0.25, 0.3) is 0 Å². The van der Waals surface area contributed by atoms with E-state index in [1.807, 2.05) is 12.1 Å². The molecule has 0 aliphatic rings. The SMILES string of the molecule is COC(=O)c1c(SCC(=O)c2ccc(CCNC(C)=O)cc2)nc(=O)[nH]c1C. The molecule has 0 radical (unpaired) electrons. The van der Waals surface area contributed by atoms with Crippen molar-refractivity contribution >= 4 is 29.4 Å². The molecule has 8 nitrogen and oxygen atoms in total. The van der Waals surface area contributed by atoms with Crippen LogP contribution in [0.1, 0.15) is 38.9 Å². The number of H-pyrrole nitrogens is 1. The number of ketones is 1. The number of hydrogen-bond acceptors (Lipinski definition) is 7. The van der Waals surface area contributed by atoms with Crippen molar-refractivity contribution in [3.8, 4) is 0 Å². The van der Waals surface area contributed by atoms with Gasteiger partial charge in [0, 0.05) is 24.7 Å². The number of Topliss-reactive ketones (excluding diaryl/α,β-unsaturated/α-hetero) is 1. The van der Waals surface area contributed by atoms with E-state index in [9.17, 15) is 19.2 Å². The fourth-order valence-electron chi connectivity index (χ4n) is 2.46. The summed E-state index contributed by atoms with van der Waals surface area (Å²) < 4.78 is 4.72. The number of carbonyl (C=O) groups is 3. The zero-order chi connectivity index (χ0) is 20.7. The molecule has 0 unspecified atom stereocenters. The third kappa shape index (κ3) is 5.78. The van der Waals surface area contributed by atoms with E-state index in [2.05, 4.69) is 15.3 Å². The number of nitrogens with one attached hydrogen (secondary N) is 2. The van der Waals surface area contributed by atoms with E-state index in [0.717, 1.165) is 17.3 Å². The van der Waals surface area contributed by atoms with Gasteiger partial charge in [-0.3, -0.25) is 9.59 Å². The first-order valence-corrected chi connectivity index (χ1v) is 9.49. The highest BCUT2D eigenvalue weighted by atomic mass is 32.2. The average Bonchev–Trinajstić information content (AvgIpc) is 2.65. The minimum Gasteiger partial charge on any atom is -0.465 e. The Balaban J connectivity index is 2.05. The van der Waals surface area contributed by atoms with Gasteiger partial charge in [-0.25, -0.2) is 9.59 Å². The summed E-state index contributed by atoms with van der Waals surface area (Å²) in [6.07, 6.45) is 0.668. The van der Waals surface area contributed by atoms with E-state index in [-0.39, 0.29) is 28.0 Å². The number of carbonyl (C=O) groups excluding carboxylic acids is 3. The molecular formula is C19H21N3O5S. The van der Waals surface area contributed by atoms with Crippen molar-refractivity contribution in [2.75, 3.05) is 19.4 Å². The van der Waals surface area contributed by atoms with Gasteiger partial charge in [-0.05, 0) is 18.9 Å². The molecule has 0 spiro atoms. The average molecular weight is 403 g/mol. The second kappa shape index (κ2) is 9.84. The maximum atomic E-state index is 12.4. The molecule has 2 rings (SSSR count). The van der Waals surface area contributed by atoms with Gasteiger partial charge < -0.3 is 15.0 Å². The second-order valence-electron chi connectivity index (χ2n) is 5.98. The molecule has 0 bridgehead atoms. The minimum absolute atomic E-state index is 0.0190. The Bertz CT molecular complexity index is 938. The molecule has 1 amide bonds. The zero-order valence-electron chi connectivity index (χ0n) is 15.8. The lowest BCUT2D eigenvalue weighted by Gasteiger charge is -2.09. The van der Waals surface area contributed by atoms with Crippen molar-refractivity contribution in [1.82, 2.24) is 15.3 Å². The fourth-order valence-corrected chi connectivity index (χ4v) is 3.43. The number of nitrogens with zero attached hydrogens (tertiary/aromatic N) is 1. The molecule has 0 saturated carbocycles. The van der Waals surface area contributed by atoms with Crippen molar-refractivity contribution in [1.29, 1.82) is 0 Å². The van der Waals surface area contributed by atoms with Gasteiger partial charge in [-0.1, -0.05) is 36.0 Å². The van der Waals surface area contributed by atoms with Crippen LogP contribution in [-0.2, 0) is 16.0 Å². The molecule has 1 heterocycles. The molecule has 0 aliphatic carbocycles. The van der Waals surface area contributed by atoms with E-state index < -0.39 is 11.7 Å². The Hall–Kier alpha value is -2.94. The number of benzene rings is 1. The van der Waals surface area contributed by atoms with Crippen LogP contribution in [0, 0.1) is 6.92 Å². The quantitative estimate of drug-likeness (QED) is 0.297. The molecule has 28 heavy (non-hydrogen) atoms. The van der Waals surface area contributed by atoms with Crippen molar-refractivity contribution in [2.24, 2.45) is 0 Å². The molecule has 148 valence electrons. The maximum absolute atomic E-state index is 12.4. The van der Waals surface area contributed by atoms with Crippen LogP contribution in [0.2, 0.25) is 0 Å². The summed E-state index contributed by atoms with van der Waals surface area (Å²) in [5, 5.41) is 2.88. The molecule has 0 saturated heterocycles. The topological polar surface area (TPSA) is 118 Å². The number of hydrogen-bond donors (Lipinski definition) is 2. The highest BCUT2D eigenvalue weighted by Gasteiger charge is 2.19. The van der Waals surface area contributed by atoms with Crippen LogP contribution in [-0.4, -0.2) is 47.0 Å². The van der Waals surface area contributed by atoms with E-state index in [4.69, 9.17) is 4.74 Å². The summed E-state index contributed by atoms with van der Waals surface area (Å²) in [7, 11) is 1.24. The van der Waals surface area contributed by atoms with Gasteiger partial charge >= 0.3 is 11.7 Å². The first-order chi connectivity index (χ1) is 13.3. The largest absolute Gasteiger partial charge is 0.465 e. The number of ether oxygens (including phenoxy) is 1. The summed E-state index contributed by atoms with van der Waals surface area (Å²) in [6, 6.07) is 7.08. The highest BCUT2D eigenvalue weighted by Crippen LogP contribution is 2.22. The smallest absolute Gasteiger partial charge is 0.346 e. The molecular weight excluding hydrogens is 382 g/mol. The molecule has 1 aromatic carbocycles. The summed E-state index contributed by atoms with van der Waals surface area (Å²) in [5.74, 6) is -0.849. The number of aromatic amines is 1. The van der Waals surface area contributed by atoms with E-state index >= 15 is 0 Å². The third-order valence-electron chi connectivity index (χ3n) is 3.88. The Morgan fingerprint density at radius 1 is 1.21 bits per heavy atom. The number of aromatic nitrogens is 2. The standard InChI is InChI=1S/C19H21N3O5S/c1-11-16(18(25)27-3)17(22-19(26)21-11)28-10-15(24)14-6-4-13(5-7-14)8-9-20-12(2)23/h4-7H,8-10H2,1-3H3,(H,20,23)(H,21,22,26). The lowest BCUT2D eigenvalue weighted by atomic mass is 10.1. The molecule has 1 aromatic heterocycles. The Kier molecular flexibility index (Phi) is 7.51. The van der Waals surface area contributed by atoms with Crippen molar-refractivity contribution in [2.45, 2.75) is 25.3 Å². The molecule has 2 aromatic rings. The maximum Gasteiger partial charge on any atom is 0.346 e. The van der Waals surface area contributed by atoms with Crippen LogP contribution < -0.4 is 11.0 Å². The lowest BCUT2D eigenvalue weighted by molar-refractivity contribution is -0.118. The summed E-state index contributed by atoms with van der Waals surface area (Å²) in [4.78, 5) is 53.1.